The van der Waals surface area contributed by atoms with Crippen LogP contribution in [-0.4, -0.2) is 40.7 Å². The average molecular weight is 256 g/mol. The molecule has 94 valence electrons. The van der Waals surface area contributed by atoms with Crippen LogP contribution in [0.3, 0.4) is 0 Å². The molecule has 17 heavy (non-hydrogen) atoms. The number of carbonyl (C=O) groups excluding carboxylic acids is 1. The summed E-state index contributed by atoms with van der Waals surface area (Å²) in [5, 5.41) is 11.3. The first-order valence-electron chi connectivity index (χ1n) is 5.39. The molecule has 6 heteroatoms. The summed E-state index contributed by atoms with van der Waals surface area (Å²) in [4.78, 5) is 25.0. The molecule has 1 heterocycles. The number of nitrogens with one attached hydrogen (secondary N) is 2. The number of amides is 1. The molecular formula is C11H16N2O3S. The minimum atomic E-state index is -0.282. The number of carbonyl (C=O) groups is 1. The molecule has 0 bridgehead atoms. The molecule has 0 aliphatic carbocycles. The van der Waals surface area contributed by atoms with Gasteiger partial charge in [-0.25, -0.2) is 0 Å². The molecule has 0 spiro atoms. The van der Waals surface area contributed by atoms with Gasteiger partial charge in [-0.15, -0.1) is 0 Å². The Balaban J connectivity index is 2.24. The Morgan fingerprint density at radius 2 is 2.29 bits per heavy atom. The number of hydrogen-bond donors (Lipinski definition) is 3. The Labute approximate surface area is 104 Å². The molecule has 1 amide bonds. The van der Waals surface area contributed by atoms with Crippen LogP contribution in [0.5, 0.6) is 0 Å². The second kappa shape index (κ2) is 7.92. The second-order valence-electron chi connectivity index (χ2n) is 3.39. The zero-order valence-electron chi connectivity index (χ0n) is 9.44. The van der Waals surface area contributed by atoms with Crippen molar-refractivity contribution in [2.24, 2.45) is 0 Å². The number of rotatable bonds is 7. The molecule has 5 nitrogen and oxygen atoms in total. The summed E-state index contributed by atoms with van der Waals surface area (Å²) < 4.78 is 0. The van der Waals surface area contributed by atoms with Gasteiger partial charge in [0.2, 0.25) is 5.56 Å². The molecule has 0 fully saturated rings. The first kappa shape index (κ1) is 13.8. The van der Waals surface area contributed by atoms with E-state index in [2.05, 4.69) is 10.3 Å². The highest BCUT2D eigenvalue weighted by atomic mass is 32.2. The van der Waals surface area contributed by atoms with Gasteiger partial charge in [0.1, 0.15) is 0 Å². The average Bonchev–Trinajstić information content (AvgIpc) is 2.33. The maximum absolute atomic E-state index is 11.6. The lowest BCUT2D eigenvalue weighted by Gasteiger charge is -2.04. The fourth-order valence-electron chi connectivity index (χ4n) is 1.19. The Morgan fingerprint density at radius 3 is 3.00 bits per heavy atom. The van der Waals surface area contributed by atoms with E-state index in [1.807, 2.05) is 0 Å². The van der Waals surface area contributed by atoms with E-state index in [1.165, 1.54) is 12.3 Å². The van der Waals surface area contributed by atoms with Crippen molar-refractivity contribution in [2.45, 2.75) is 6.42 Å². The highest BCUT2D eigenvalue weighted by molar-refractivity contribution is 7.99. The van der Waals surface area contributed by atoms with Gasteiger partial charge in [0, 0.05) is 36.7 Å². The molecule has 1 aromatic heterocycles. The lowest BCUT2D eigenvalue weighted by atomic mass is 10.2. The van der Waals surface area contributed by atoms with Crippen LogP contribution < -0.4 is 10.9 Å². The number of aliphatic hydroxyl groups is 1. The van der Waals surface area contributed by atoms with E-state index in [0.717, 1.165) is 17.9 Å². The Bertz CT molecular complexity index is 406. The minimum absolute atomic E-state index is 0.201. The third-order valence-electron chi connectivity index (χ3n) is 2.02. The standard InChI is InChI=1S/C11H16N2O3S/c14-5-1-6-17-7-4-13-11(16)9-2-3-12-10(15)8-9/h2-3,8,14H,1,4-7H2,(H,12,15)(H,13,16). The molecule has 0 aliphatic rings. The monoisotopic (exact) mass is 256 g/mol. The van der Waals surface area contributed by atoms with Crippen molar-refractivity contribution in [1.29, 1.82) is 0 Å². The number of H-pyrrole nitrogens is 1. The summed E-state index contributed by atoms with van der Waals surface area (Å²) in [6, 6.07) is 2.84. The SMILES string of the molecule is O=C(NCCSCCCO)c1cc[nH]c(=O)c1. The molecule has 0 aliphatic heterocycles. The molecular weight excluding hydrogens is 240 g/mol. The Morgan fingerprint density at radius 1 is 1.47 bits per heavy atom. The summed E-state index contributed by atoms with van der Waals surface area (Å²) in [7, 11) is 0. The third-order valence-corrected chi connectivity index (χ3v) is 3.09. The molecule has 0 atom stereocenters. The second-order valence-corrected chi connectivity index (χ2v) is 4.61. The van der Waals surface area contributed by atoms with Gasteiger partial charge >= 0.3 is 0 Å². The van der Waals surface area contributed by atoms with E-state index in [9.17, 15) is 9.59 Å². The first-order valence-corrected chi connectivity index (χ1v) is 6.55. The molecule has 0 aromatic carbocycles. The summed E-state index contributed by atoms with van der Waals surface area (Å²) in [6.45, 7) is 0.758. The quantitative estimate of drug-likeness (QED) is 0.610. The van der Waals surface area contributed by atoms with E-state index in [0.29, 0.717) is 12.1 Å². The summed E-state index contributed by atoms with van der Waals surface area (Å²) in [5.74, 6) is 1.45. The van der Waals surface area contributed by atoms with Gasteiger partial charge in [-0.05, 0) is 18.2 Å². The predicted octanol–water partition coefficient (Wildman–Crippen LogP) is 0.220. The lowest BCUT2D eigenvalue weighted by Crippen LogP contribution is -2.26. The van der Waals surface area contributed by atoms with Crippen molar-refractivity contribution >= 4 is 17.7 Å². The highest BCUT2D eigenvalue weighted by Crippen LogP contribution is 2.00. The van der Waals surface area contributed by atoms with E-state index < -0.39 is 0 Å². The largest absolute Gasteiger partial charge is 0.396 e. The highest BCUT2D eigenvalue weighted by Gasteiger charge is 2.04. The van der Waals surface area contributed by atoms with Crippen LogP contribution in [0.4, 0.5) is 0 Å². The van der Waals surface area contributed by atoms with Gasteiger partial charge in [-0.3, -0.25) is 9.59 Å². The van der Waals surface area contributed by atoms with Crippen LogP contribution in [0.15, 0.2) is 23.1 Å². The topological polar surface area (TPSA) is 82.2 Å². The maximum atomic E-state index is 11.6. The van der Waals surface area contributed by atoms with Crippen LogP contribution in [-0.2, 0) is 0 Å². The third kappa shape index (κ3) is 5.55. The zero-order valence-corrected chi connectivity index (χ0v) is 10.3. The van der Waals surface area contributed by atoms with Crippen LogP contribution in [0.1, 0.15) is 16.8 Å². The van der Waals surface area contributed by atoms with Crippen molar-refractivity contribution < 1.29 is 9.90 Å². The molecule has 3 N–H and O–H groups in total. The van der Waals surface area contributed by atoms with Crippen LogP contribution in [0, 0.1) is 0 Å². The Hall–Kier alpha value is -1.27. The Kier molecular flexibility index (Phi) is 6.42. The number of pyridine rings is 1. The van der Waals surface area contributed by atoms with Crippen molar-refractivity contribution in [3.05, 3.63) is 34.2 Å². The summed E-state index contributed by atoms with van der Waals surface area (Å²) in [5.41, 5.74) is 0.0871. The number of hydrogen-bond acceptors (Lipinski definition) is 4. The maximum Gasteiger partial charge on any atom is 0.251 e. The van der Waals surface area contributed by atoms with Crippen LogP contribution in [0.2, 0.25) is 0 Å². The van der Waals surface area contributed by atoms with Gasteiger partial charge in [0.25, 0.3) is 5.91 Å². The van der Waals surface area contributed by atoms with Gasteiger partial charge in [0.05, 0.1) is 0 Å². The predicted molar refractivity (Wildman–Crippen MR) is 68.4 cm³/mol. The normalized spacial score (nSPS) is 10.2. The molecule has 0 saturated carbocycles. The molecule has 1 aromatic rings. The van der Waals surface area contributed by atoms with E-state index in [1.54, 1.807) is 17.8 Å². The molecule has 0 unspecified atom stereocenters. The van der Waals surface area contributed by atoms with E-state index >= 15 is 0 Å². The van der Waals surface area contributed by atoms with Gasteiger partial charge in [-0.2, -0.15) is 11.8 Å². The smallest absolute Gasteiger partial charge is 0.251 e. The van der Waals surface area contributed by atoms with E-state index in [4.69, 9.17) is 5.11 Å². The summed E-state index contributed by atoms with van der Waals surface area (Å²) in [6.07, 6.45) is 2.22. The zero-order chi connectivity index (χ0) is 12.5. The van der Waals surface area contributed by atoms with Gasteiger partial charge < -0.3 is 15.4 Å². The van der Waals surface area contributed by atoms with Gasteiger partial charge in [-0.1, -0.05) is 0 Å². The molecule has 0 radical (unpaired) electrons. The van der Waals surface area contributed by atoms with Crippen molar-refractivity contribution in [3.8, 4) is 0 Å². The molecule has 1 rings (SSSR count). The number of aliphatic hydroxyl groups excluding tert-OH is 1. The fraction of sp³-hybridized carbons (Fsp3) is 0.455. The van der Waals surface area contributed by atoms with Crippen molar-refractivity contribution in [3.63, 3.8) is 0 Å². The van der Waals surface area contributed by atoms with Crippen molar-refractivity contribution in [2.75, 3.05) is 24.7 Å². The van der Waals surface area contributed by atoms with Crippen LogP contribution in [0.25, 0.3) is 0 Å². The lowest BCUT2D eigenvalue weighted by molar-refractivity contribution is 0.0956. The van der Waals surface area contributed by atoms with E-state index in [-0.39, 0.29) is 18.1 Å². The van der Waals surface area contributed by atoms with Crippen LogP contribution >= 0.6 is 11.8 Å². The van der Waals surface area contributed by atoms with Gasteiger partial charge in [0.15, 0.2) is 0 Å². The number of aromatic nitrogens is 1. The number of aromatic amines is 1. The fourth-order valence-corrected chi connectivity index (χ4v) is 1.98. The minimum Gasteiger partial charge on any atom is -0.396 e. The summed E-state index contributed by atoms with van der Waals surface area (Å²) >= 11 is 1.68. The first-order chi connectivity index (χ1) is 8.24. The van der Waals surface area contributed by atoms with Crippen molar-refractivity contribution in [1.82, 2.24) is 10.3 Å². The number of thioether (sulfide) groups is 1. The molecule has 0 saturated heterocycles.